The Kier molecular flexibility index (Phi) is 8.05. The van der Waals surface area contributed by atoms with Gasteiger partial charge in [-0.3, -0.25) is 4.68 Å². The fraction of sp³-hybridized carbons (Fsp3) is 0.769. The van der Waals surface area contributed by atoms with E-state index >= 15 is 0 Å². The Bertz CT molecular complexity index is 369. The van der Waals surface area contributed by atoms with Gasteiger partial charge in [0.05, 0.1) is 29.6 Å². The number of halogens is 1. The van der Waals surface area contributed by atoms with Crippen LogP contribution in [0, 0.1) is 6.92 Å². The molecule has 0 atom stereocenters. The first-order valence-electron chi connectivity index (χ1n) is 6.69. The van der Waals surface area contributed by atoms with E-state index in [1.54, 1.807) is 7.11 Å². The maximum atomic E-state index is 6.23. The number of nitrogens with zero attached hydrogens (tertiary/aromatic N) is 2. The summed E-state index contributed by atoms with van der Waals surface area (Å²) in [7, 11) is 1.67. The second-order valence-electron chi connectivity index (χ2n) is 4.30. The van der Waals surface area contributed by atoms with E-state index in [1.165, 1.54) is 0 Å². The van der Waals surface area contributed by atoms with Crippen LogP contribution in [-0.4, -0.2) is 43.3 Å². The molecule has 1 N–H and O–H groups in total. The summed E-state index contributed by atoms with van der Waals surface area (Å²) in [6.07, 6.45) is 0.973. The smallest absolute Gasteiger partial charge is 0.0860 e. The summed E-state index contributed by atoms with van der Waals surface area (Å²) in [5, 5.41) is 8.52. The van der Waals surface area contributed by atoms with Gasteiger partial charge in [-0.1, -0.05) is 11.6 Å². The average molecular weight is 290 g/mol. The highest BCUT2D eigenvalue weighted by atomic mass is 35.5. The first-order chi connectivity index (χ1) is 9.20. The van der Waals surface area contributed by atoms with Crippen LogP contribution in [0.15, 0.2) is 0 Å². The van der Waals surface area contributed by atoms with Gasteiger partial charge < -0.3 is 14.8 Å². The Morgan fingerprint density at radius 3 is 2.79 bits per heavy atom. The number of aromatic nitrogens is 2. The number of hydrogen-bond donors (Lipinski definition) is 1. The molecule has 5 nitrogen and oxygen atoms in total. The molecule has 1 heterocycles. The lowest BCUT2D eigenvalue weighted by atomic mass is 10.3. The minimum atomic E-state index is 0.651. The number of methoxy groups -OCH3 is 1. The number of ether oxygens (including phenoxy) is 2. The quantitative estimate of drug-likeness (QED) is 0.670. The minimum absolute atomic E-state index is 0.651. The van der Waals surface area contributed by atoms with E-state index in [9.17, 15) is 0 Å². The van der Waals surface area contributed by atoms with Gasteiger partial charge in [-0.2, -0.15) is 5.10 Å². The monoisotopic (exact) mass is 289 g/mol. The van der Waals surface area contributed by atoms with Crippen LogP contribution in [0.3, 0.4) is 0 Å². The van der Waals surface area contributed by atoms with Crippen LogP contribution in [0.4, 0.5) is 0 Å². The normalized spacial score (nSPS) is 11.2. The first kappa shape index (κ1) is 16.4. The standard InChI is InChI=1S/C13H24ClN3O2/c1-4-17-12(13(14)11(2)16-17)10-15-6-5-7-19-9-8-18-3/h15H,4-10H2,1-3H3. The van der Waals surface area contributed by atoms with Crippen LogP contribution in [0.2, 0.25) is 5.02 Å². The molecule has 0 saturated heterocycles. The molecule has 19 heavy (non-hydrogen) atoms. The van der Waals surface area contributed by atoms with Crippen molar-refractivity contribution >= 4 is 11.6 Å². The third kappa shape index (κ3) is 5.48. The predicted molar refractivity (Wildman–Crippen MR) is 76.7 cm³/mol. The summed E-state index contributed by atoms with van der Waals surface area (Å²) in [5.74, 6) is 0. The molecular weight excluding hydrogens is 266 g/mol. The van der Waals surface area contributed by atoms with Gasteiger partial charge >= 0.3 is 0 Å². The van der Waals surface area contributed by atoms with E-state index in [0.29, 0.717) is 13.2 Å². The molecule has 0 spiro atoms. The molecule has 0 aliphatic carbocycles. The van der Waals surface area contributed by atoms with Crippen LogP contribution in [0.5, 0.6) is 0 Å². The molecule has 0 bridgehead atoms. The maximum Gasteiger partial charge on any atom is 0.0860 e. The largest absolute Gasteiger partial charge is 0.382 e. The lowest BCUT2D eigenvalue weighted by Gasteiger charge is -2.08. The fourth-order valence-corrected chi connectivity index (χ4v) is 1.99. The van der Waals surface area contributed by atoms with E-state index in [-0.39, 0.29) is 0 Å². The topological polar surface area (TPSA) is 48.3 Å². The van der Waals surface area contributed by atoms with Crippen LogP contribution in [0.1, 0.15) is 24.7 Å². The highest BCUT2D eigenvalue weighted by molar-refractivity contribution is 6.31. The average Bonchev–Trinajstić information content (AvgIpc) is 2.69. The fourth-order valence-electron chi connectivity index (χ4n) is 1.79. The zero-order valence-electron chi connectivity index (χ0n) is 12.0. The molecule has 0 radical (unpaired) electrons. The van der Waals surface area contributed by atoms with Gasteiger partial charge in [-0.05, 0) is 26.8 Å². The van der Waals surface area contributed by atoms with Crippen LogP contribution < -0.4 is 5.32 Å². The van der Waals surface area contributed by atoms with Crippen molar-refractivity contribution in [3.63, 3.8) is 0 Å². The van der Waals surface area contributed by atoms with E-state index in [2.05, 4.69) is 17.3 Å². The number of nitrogens with one attached hydrogen (secondary N) is 1. The Labute approximate surface area is 120 Å². The molecule has 0 unspecified atom stereocenters. The van der Waals surface area contributed by atoms with Gasteiger partial charge in [-0.25, -0.2) is 0 Å². The van der Waals surface area contributed by atoms with Crippen molar-refractivity contribution in [2.75, 3.05) is 33.5 Å². The molecule has 0 aliphatic heterocycles. The summed E-state index contributed by atoms with van der Waals surface area (Å²) in [5.41, 5.74) is 1.95. The summed E-state index contributed by atoms with van der Waals surface area (Å²) >= 11 is 6.23. The summed E-state index contributed by atoms with van der Waals surface area (Å²) in [6.45, 7) is 8.53. The van der Waals surface area contributed by atoms with E-state index in [0.717, 1.165) is 49.1 Å². The van der Waals surface area contributed by atoms with E-state index in [4.69, 9.17) is 21.1 Å². The van der Waals surface area contributed by atoms with Gasteiger partial charge in [0, 0.05) is 26.8 Å². The Morgan fingerprint density at radius 1 is 1.32 bits per heavy atom. The Balaban J connectivity index is 2.19. The lowest BCUT2D eigenvalue weighted by Crippen LogP contribution is -2.19. The van der Waals surface area contributed by atoms with Crippen molar-refractivity contribution in [1.29, 1.82) is 0 Å². The van der Waals surface area contributed by atoms with Crippen LogP contribution in [0.25, 0.3) is 0 Å². The first-order valence-corrected chi connectivity index (χ1v) is 7.07. The zero-order chi connectivity index (χ0) is 14.1. The minimum Gasteiger partial charge on any atom is -0.382 e. The van der Waals surface area contributed by atoms with Crippen molar-refractivity contribution in [3.8, 4) is 0 Å². The second-order valence-corrected chi connectivity index (χ2v) is 4.68. The summed E-state index contributed by atoms with van der Waals surface area (Å²) < 4.78 is 12.2. The molecule has 110 valence electrons. The highest BCUT2D eigenvalue weighted by Gasteiger charge is 2.11. The van der Waals surface area contributed by atoms with E-state index < -0.39 is 0 Å². The molecule has 1 aromatic heterocycles. The molecule has 0 aromatic carbocycles. The Hall–Kier alpha value is -0.620. The molecule has 0 fully saturated rings. The molecule has 0 amide bonds. The van der Waals surface area contributed by atoms with Gasteiger partial charge in [0.2, 0.25) is 0 Å². The molecular formula is C13H24ClN3O2. The number of rotatable bonds is 10. The molecule has 6 heteroatoms. The maximum absolute atomic E-state index is 6.23. The molecule has 0 saturated carbocycles. The number of aryl methyl sites for hydroxylation is 2. The lowest BCUT2D eigenvalue weighted by molar-refractivity contribution is 0.0694. The highest BCUT2D eigenvalue weighted by Crippen LogP contribution is 2.19. The third-order valence-corrected chi connectivity index (χ3v) is 3.31. The number of hydrogen-bond acceptors (Lipinski definition) is 4. The van der Waals surface area contributed by atoms with Crippen molar-refractivity contribution in [3.05, 3.63) is 16.4 Å². The molecule has 1 aromatic rings. The van der Waals surface area contributed by atoms with Gasteiger partial charge in [0.25, 0.3) is 0 Å². The predicted octanol–water partition coefficient (Wildman–Crippen LogP) is 2.01. The van der Waals surface area contributed by atoms with Crippen molar-refractivity contribution < 1.29 is 9.47 Å². The van der Waals surface area contributed by atoms with Gasteiger partial charge in [0.1, 0.15) is 0 Å². The van der Waals surface area contributed by atoms with Crippen molar-refractivity contribution in [2.45, 2.75) is 33.4 Å². The zero-order valence-corrected chi connectivity index (χ0v) is 12.8. The van der Waals surface area contributed by atoms with Gasteiger partial charge in [0.15, 0.2) is 0 Å². The second kappa shape index (κ2) is 9.31. The van der Waals surface area contributed by atoms with Crippen LogP contribution >= 0.6 is 11.6 Å². The summed E-state index contributed by atoms with van der Waals surface area (Å²) in [6, 6.07) is 0. The van der Waals surface area contributed by atoms with Crippen molar-refractivity contribution in [2.24, 2.45) is 0 Å². The molecule has 1 rings (SSSR count). The van der Waals surface area contributed by atoms with Gasteiger partial charge in [-0.15, -0.1) is 0 Å². The van der Waals surface area contributed by atoms with Crippen molar-refractivity contribution in [1.82, 2.24) is 15.1 Å². The summed E-state index contributed by atoms with van der Waals surface area (Å²) in [4.78, 5) is 0. The van der Waals surface area contributed by atoms with E-state index in [1.807, 2.05) is 11.6 Å². The molecule has 0 aliphatic rings. The third-order valence-electron chi connectivity index (χ3n) is 2.82. The van der Waals surface area contributed by atoms with Crippen LogP contribution in [-0.2, 0) is 22.6 Å². The Morgan fingerprint density at radius 2 is 2.11 bits per heavy atom. The SMILES string of the molecule is CCn1nc(C)c(Cl)c1CNCCCOCCOC.